The average Bonchev–Trinajstić information content (AvgIpc) is 3.23. The van der Waals surface area contributed by atoms with Crippen LogP contribution in [0.5, 0.6) is 0 Å². The van der Waals surface area contributed by atoms with Crippen LogP contribution in [0.2, 0.25) is 0 Å². The van der Waals surface area contributed by atoms with Crippen LogP contribution in [-0.4, -0.2) is 19.9 Å². The van der Waals surface area contributed by atoms with Gasteiger partial charge in [-0.1, -0.05) is 158 Å². The summed E-state index contributed by atoms with van der Waals surface area (Å²) in [5, 5.41) is 5.42. The number of fused-ring (bicyclic) bond motifs is 5. The quantitative estimate of drug-likeness (QED) is 0.172. The van der Waals surface area contributed by atoms with Gasteiger partial charge >= 0.3 is 0 Å². The number of para-hydroxylation sites is 1. The van der Waals surface area contributed by atoms with E-state index >= 15 is 0 Å². The van der Waals surface area contributed by atoms with E-state index in [1.807, 2.05) is 42.5 Å². The maximum atomic E-state index is 5.33. The largest absolute Gasteiger partial charge is 0.245 e. The fourth-order valence-corrected chi connectivity index (χ4v) is 7.28. The smallest absolute Gasteiger partial charge is 0.160 e. The molecule has 242 valence electrons. The van der Waals surface area contributed by atoms with E-state index in [4.69, 9.17) is 19.9 Å². The second kappa shape index (κ2) is 12.4. The first kappa shape index (κ1) is 29.8. The summed E-state index contributed by atoms with van der Waals surface area (Å²) >= 11 is 0. The Morgan fingerprint density at radius 3 is 1.54 bits per heavy atom. The van der Waals surface area contributed by atoms with Gasteiger partial charge in [0.05, 0.1) is 33.6 Å². The molecule has 4 heteroatoms. The molecule has 0 saturated carbocycles. The minimum Gasteiger partial charge on any atom is -0.245 e. The van der Waals surface area contributed by atoms with E-state index in [1.54, 1.807) is 0 Å². The first-order chi connectivity index (χ1) is 25.8. The van der Waals surface area contributed by atoms with Gasteiger partial charge in [-0.15, -0.1) is 0 Å². The van der Waals surface area contributed by atoms with Gasteiger partial charge in [-0.2, -0.15) is 0 Å². The highest BCUT2D eigenvalue weighted by atomic mass is 14.9. The Morgan fingerprint density at radius 1 is 0.288 bits per heavy atom. The molecule has 0 spiro atoms. The number of nitrogens with zero attached hydrogens (tertiary/aromatic N) is 4. The first-order valence-corrected chi connectivity index (χ1v) is 17.5. The molecule has 0 saturated heterocycles. The van der Waals surface area contributed by atoms with Crippen molar-refractivity contribution < 1.29 is 0 Å². The lowest BCUT2D eigenvalue weighted by molar-refractivity contribution is 1.23. The average molecular weight is 663 g/mol. The van der Waals surface area contributed by atoms with E-state index in [-0.39, 0.29) is 0 Å². The van der Waals surface area contributed by atoms with Crippen molar-refractivity contribution in [3.8, 4) is 56.3 Å². The van der Waals surface area contributed by atoms with Gasteiger partial charge in [0.2, 0.25) is 0 Å². The lowest BCUT2D eigenvalue weighted by Gasteiger charge is -2.15. The third kappa shape index (κ3) is 5.17. The van der Waals surface area contributed by atoms with Crippen molar-refractivity contribution >= 4 is 43.5 Å². The zero-order chi connectivity index (χ0) is 34.4. The Bertz CT molecular complexity index is 2940. The highest BCUT2D eigenvalue weighted by Crippen LogP contribution is 2.40. The van der Waals surface area contributed by atoms with Crippen LogP contribution in [0.3, 0.4) is 0 Å². The van der Waals surface area contributed by atoms with Gasteiger partial charge in [0.25, 0.3) is 0 Å². The predicted molar refractivity (Wildman–Crippen MR) is 215 cm³/mol. The molecule has 0 unspecified atom stereocenters. The van der Waals surface area contributed by atoms with Gasteiger partial charge in [-0.25, -0.2) is 19.9 Å². The minimum atomic E-state index is 0.699. The van der Waals surface area contributed by atoms with Gasteiger partial charge < -0.3 is 0 Å². The second-order valence-corrected chi connectivity index (χ2v) is 13.0. The maximum absolute atomic E-state index is 5.33. The highest BCUT2D eigenvalue weighted by molar-refractivity contribution is 6.09. The first-order valence-electron chi connectivity index (χ1n) is 17.5. The lowest BCUT2D eigenvalue weighted by atomic mass is 9.92. The van der Waals surface area contributed by atoms with Crippen LogP contribution in [-0.2, 0) is 0 Å². The lowest BCUT2D eigenvalue weighted by Crippen LogP contribution is -1.97. The standard InChI is InChI=1S/C48H30N4/c1-4-13-31(14-5-1)42-27-25-33-23-24-34-26-28-43(50-46(34)45(33)49-42)37-29-36-19-10-11-20-38(36)41(30-37)39-21-12-22-40-44(32-15-6-2-7-16-32)51-48(52-47(39)40)35-17-8-3-9-18-35/h1-30H. The van der Waals surface area contributed by atoms with Gasteiger partial charge in [-0.3, -0.25) is 0 Å². The number of rotatable bonds is 5. The molecule has 0 aliphatic rings. The van der Waals surface area contributed by atoms with E-state index in [2.05, 4.69) is 140 Å². The molecule has 0 radical (unpaired) electrons. The van der Waals surface area contributed by atoms with Crippen LogP contribution in [0, 0.1) is 0 Å². The Balaban J connectivity index is 1.21. The van der Waals surface area contributed by atoms with Crippen LogP contribution in [0.25, 0.3) is 99.8 Å². The SMILES string of the molecule is c1ccc(-c2ccc3ccc4ccc(-c5cc(-c6cccc7c(-c8ccccc8)nc(-c8ccccc8)nc67)c6ccccc6c5)nc4c3n2)cc1. The zero-order valence-corrected chi connectivity index (χ0v) is 28.1. The summed E-state index contributed by atoms with van der Waals surface area (Å²) < 4.78 is 0. The van der Waals surface area contributed by atoms with Gasteiger partial charge in [0, 0.05) is 44.0 Å². The van der Waals surface area contributed by atoms with Crippen molar-refractivity contribution in [2.24, 2.45) is 0 Å². The Kier molecular flexibility index (Phi) is 7.10. The van der Waals surface area contributed by atoms with Crippen molar-refractivity contribution in [2.75, 3.05) is 0 Å². The summed E-state index contributed by atoms with van der Waals surface area (Å²) in [6.45, 7) is 0. The van der Waals surface area contributed by atoms with Crippen molar-refractivity contribution in [1.82, 2.24) is 19.9 Å². The number of pyridine rings is 2. The van der Waals surface area contributed by atoms with E-state index in [0.717, 1.165) is 93.9 Å². The van der Waals surface area contributed by atoms with Crippen molar-refractivity contribution in [3.05, 3.63) is 182 Å². The summed E-state index contributed by atoms with van der Waals surface area (Å²) in [5.41, 5.74) is 11.7. The third-order valence-electron chi connectivity index (χ3n) is 9.84. The van der Waals surface area contributed by atoms with E-state index in [9.17, 15) is 0 Å². The molecule has 7 aromatic carbocycles. The molecule has 0 bridgehead atoms. The molecule has 0 amide bonds. The molecular formula is C48H30N4. The summed E-state index contributed by atoms with van der Waals surface area (Å²) in [5.74, 6) is 0.699. The number of hydrogen-bond acceptors (Lipinski definition) is 4. The molecule has 10 aromatic rings. The molecule has 0 N–H and O–H groups in total. The van der Waals surface area contributed by atoms with Crippen molar-refractivity contribution in [2.45, 2.75) is 0 Å². The molecule has 0 aliphatic carbocycles. The Labute approximate surface area is 300 Å². The number of aromatic nitrogens is 4. The fraction of sp³-hybridized carbons (Fsp3) is 0. The number of benzene rings is 7. The third-order valence-corrected chi connectivity index (χ3v) is 9.84. The summed E-state index contributed by atoms with van der Waals surface area (Å²) in [4.78, 5) is 20.9. The van der Waals surface area contributed by atoms with Gasteiger partial charge in [0.15, 0.2) is 5.82 Å². The minimum absolute atomic E-state index is 0.699. The summed E-state index contributed by atoms with van der Waals surface area (Å²) in [6, 6.07) is 63.2. The normalized spacial score (nSPS) is 11.5. The molecule has 4 nitrogen and oxygen atoms in total. The van der Waals surface area contributed by atoms with Gasteiger partial charge in [-0.05, 0) is 40.6 Å². The van der Waals surface area contributed by atoms with Crippen molar-refractivity contribution in [3.63, 3.8) is 0 Å². The Hall–Kier alpha value is -7.04. The van der Waals surface area contributed by atoms with Crippen LogP contribution in [0.4, 0.5) is 0 Å². The molecule has 10 rings (SSSR count). The van der Waals surface area contributed by atoms with Crippen LogP contribution in [0.1, 0.15) is 0 Å². The second-order valence-electron chi connectivity index (χ2n) is 13.0. The molecule has 3 heterocycles. The predicted octanol–water partition coefficient (Wildman–Crippen LogP) is 12.2. The summed E-state index contributed by atoms with van der Waals surface area (Å²) in [6.07, 6.45) is 0. The molecular weight excluding hydrogens is 633 g/mol. The van der Waals surface area contributed by atoms with Crippen LogP contribution in [0.15, 0.2) is 182 Å². The molecule has 3 aromatic heterocycles. The number of hydrogen-bond donors (Lipinski definition) is 0. The van der Waals surface area contributed by atoms with E-state index < -0.39 is 0 Å². The fourth-order valence-electron chi connectivity index (χ4n) is 7.28. The Morgan fingerprint density at radius 2 is 0.846 bits per heavy atom. The zero-order valence-electron chi connectivity index (χ0n) is 28.1. The van der Waals surface area contributed by atoms with Gasteiger partial charge in [0.1, 0.15) is 0 Å². The topological polar surface area (TPSA) is 51.6 Å². The monoisotopic (exact) mass is 662 g/mol. The molecule has 0 fully saturated rings. The van der Waals surface area contributed by atoms with Crippen LogP contribution < -0.4 is 0 Å². The summed E-state index contributed by atoms with van der Waals surface area (Å²) in [7, 11) is 0. The molecule has 0 aliphatic heterocycles. The van der Waals surface area contributed by atoms with Crippen molar-refractivity contribution in [1.29, 1.82) is 0 Å². The van der Waals surface area contributed by atoms with Crippen LogP contribution >= 0.6 is 0 Å². The maximum Gasteiger partial charge on any atom is 0.160 e. The molecule has 52 heavy (non-hydrogen) atoms. The van der Waals surface area contributed by atoms with E-state index in [1.165, 1.54) is 0 Å². The highest BCUT2D eigenvalue weighted by Gasteiger charge is 2.18. The molecule has 0 atom stereocenters. The van der Waals surface area contributed by atoms with E-state index in [0.29, 0.717) is 5.82 Å².